The van der Waals surface area contributed by atoms with Crippen molar-refractivity contribution in [3.63, 3.8) is 0 Å². The Kier molecular flexibility index (Phi) is 5.76. The van der Waals surface area contributed by atoms with Crippen molar-refractivity contribution in [3.8, 4) is 0 Å². The summed E-state index contributed by atoms with van der Waals surface area (Å²) in [6, 6.07) is 7.59. The molecule has 2 heterocycles. The summed E-state index contributed by atoms with van der Waals surface area (Å²) in [5.74, 6) is 0.469. The van der Waals surface area contributed by atoms with Crippen LogP contribution in [0, 0.1) is 10.1 Å². The third kappa shape index (κ3) is 4.36. The molecule has 150 valence electrons. The van der Waals surface area contributed by atoms with Gasteiger partial charge in [-0.15, -0.1) is 0 Å². The second kappa shape index (κ2) is 7.92. The Hall–Kier alpha value is -2.39. The predicted octanol–water partition coefficient (Wildman–Crippen LogP) is 2.55. The lowest BCUT2D eigenvalue weighted by Gasteiger charge is -2.32. The average molecular weight is 417 g/mol. The van der Waals surface area contributed by atoms with Crippen molar-refractivity contribution in [1.82, 2.24) is 0 Å². The summed E-state index contributed by atoms with van der Waals surface area (Å²) in [5.41, 5.74) is 0.134. The number of quaternary nitrogens is 1. The summed E-state index contributed by atoms with van der Waals surface area (Å²) in [6.07, 6.45) is -3.53. The number of piperazine rings is 1. The number of nitrogens with one attached hydrogen (secondary N) is 2. The van der Waals surface area contributed by atoms with Crippen LogP contribution in [0.15, 0.2) is 36.5 Å². The molecule has 0 amide bonds. The molecule has 0 aliphatic carbocycles. The second-order valence-electron chi connectivity index (χ2n) is 6.80. The molecular weight excluding hydrogens is 397 g/mol. The maximum Gasteiger partial charge on any atom is 0.419 e. The molecule has 2 aromatic rings. The van der Waals surface area contributed by atoms with Gasteiger partial charge in [0.05, 0.1) is 10.5 Å². The first-order valence-corrected chi connectivity index (χ1v) is 9.17. The number of nitro benzene ring substituents is 1. The minimum atomic E-state index is -4.45. The van der Waals surface area contributed by atoms with Gasteiger partial charge in [0.1, 0.15) is 43.4 Å². The predicted molar refractivity (Wildman–Crippen MR) is 97.4 cm³/mol. The highest BCUT2D eigenvalue weighted by Crippen LogP contribution is 2.32. The number of alkyl halides is 3. The molecule has 6 nitrogen and oxygen atoms in total. The van der Waals surface area contributed by atoms with Crippen molar-refractivity contribution in [1.29, 1.82) is 0 Å². The monoisotopic (exact) mass is 416 g/mol. The van der Waals surface area contributed by atoms with Crippen molar-refractivity contribution in [2.75, 3.05) is 31.1 Å². The Bertz CT molecular complexity index is 870. The molecule has 28 heavy (non-hydrogen) atoms. The number of hydrogen-bond acceptors (Lipinski definition) is 3. The van der Waals surface area contributed by atoms with Crippen LogP contribution < -0.4 is 14.8 Å². The highest BCUT2D eigenvalue weighted by atomic mass is 35.5. The number of H-pyrrole nitrogens is 1. The smallest absolute Gasteiger partial charge is 0.322 e. The van der Waals surface area contributed by atoms with Gasteiger partial charge in [0.2, 0.25) is 0 Å². The van der Waals surface area contributed by atoms with Gasteiger partial charge >= 0.3 is 6.18 Å². The zero-order chi connectivity index (χ0) is 20.5. The van der Waals surface area contributed by atoms with E-state index in [1.807, 2.05) is 17.9 Å². The minimum Gasteiger partial charge on any atom is -0.322 e. The number of nitro groups is 1. The molecule has 0 saturated carbocycles. The zero-order valence-electron chi connectivity index (χ0n) is 15.1. The summed E-state index contributed by atoms with van der Waals surface area (Å²) in [4.78, 5) is 16.4. The standard InChI is InChI=1S/C18H18ClF3N4O2/c1-12(13-3-2-4-15(9-13)26(27)28)24-5-7-25(8-6-24)17-16(19)10-14(11-23-17)18(20,21)22/h2-4,9-12H,5-8H2,1H3/p+2/t12-/m0/s1. The van der Waals surface area contributed by atoms with Crippen LogP contribution in [0.1, 0.15) is 24.1 Å². The molecule has 0 spiro atoms. The average Bonchev–Trinajstić information content (AvgIpc) is 2.67. The summed E-state index contributed by atoms with van der Waals surface area (Å²) in [6.45, 7) is 4.69. The quantitative estimate of drug-likeness (QED) is 0.615. The Labute approximate surface area is 164 Å². The van der Waals surface area contributed by atoms with Crippen molar-refractivity contribution in [2.24, 2.45) is 0 Å². The molecule has 1 fully saturated rings. The van der Waals surface area contributed by atoms with E-state index < -0.39 is 16.7 Å². The number of aromatic nitrogens is 1. The number of hydrogen-bond donors (Lipinski definition) is 1. The molecule has 0 radical (unpaired) electrons. The van der Waals surface area contributed by atoms with E-state index >= 15 is 0 Å². The van der Waals surface area contributed by atoms with Gasteiger partial charge in [-0.25, -0.2) is 9.88 Å². The minimum absolute atomic E-state index is 0.0324. The highest BCUT2D eigenvalue weighted by Gasteiger charge is 2.35. The summed E-state index contributed by atoms with van der Waals surface area (Å²) in [5, 5.41) is 11.0. The number of benzene rings is 1. The molecule has 1 atom stereocenters. The van der Waals surface area contributed by atoms with Gasteiger partial charge in [-0.1, -0.05) is 23.7 Å². The number of halogens is 4. The summed E-state index contributed by atoms with van der Waals surface area (Å²) < 4.78 is 38.4. The SMILES string of the molecule is C[C@@H](c1cccc([N+](=O)[O-])c1)[NH+]1CCN(c2[nH+]cc(C(F)(F)F)cc2Cl)CC1. The first-order valence-electron chi connectivity index (χ1n) is 8.79. The largest absolute Gasteiger partial charge is 0.419 e. The van der Waals surface area contributed by atoms with Crippen LogP contribution in [0.25, 0.3) is 0 Å². The summed E-state index contributed by atoms with van der Waals surface area (Å²) >= 11 is 6.07. The lowest BCUT2D eigenvalue weighted by molar-refractivity contribution is -0.930. The van der Waals surface area contributed by atoms with E-state index in [1.165, 1.54) is 11.0 Å². The first-order chi connectivity index (χ1) is 13.2. The van der Waals surface area contributed by atoms with Crippen molar-refractivity contribution in [3.05, 3.63) is 62.8 Å². The normalized spacial score (nSPS) is 16.8. The second-order valence-corrected chi connectivity index (χ2v) is 7.21. The van der Waals surface area contributed by atoms with Crippen LogP contribution in [-0.2, 0) is 6.18 Å². The first kappa shape index (κ1) is 20.3. The maximum absolute atomic E-state index is 12.8. The van der Waals surface area contributed by atoms with Crippen LogP contribution in [-0.4, -0.2) is 31.1 Å². The molecule has 3 rings (SSSR count). The lowest BCUT2D eigenvalue weighted by atomic mass is 10.1. The van der Waals surface area contributed by atoms with Crippen LogP contribution in [0.2, 0.25) is 5.02 Å². The van der Waals surface area contributed by atoms with Gasteiger partial charge in [0.15, 0.2) is 0 Å². The van der Waals surface area contributed by atoms with E-state index in [1.54, 1.807) is 12.1 Å². The number of non-ortho nitro benzene ring substituents is 1. The molecule has 0 bridgehead atoms. The fourth-order valence-corrected chi connectivity index (χ4v) is 3.75. The van der Waals surface area contributed by atoms with E-state index in [9.17, 15) is 23.3 Å². The van der Waals surface area contributed by atoms with Crippen molar-refractivity contribution in [2.45, 2.75) is 19.1 Å². The van der Waals surface area contributed by atoms with E-state index in [0.29, 0.717) is 18.9 Å². The third-order valence-electron chi connectivity index (χ3n) is 5.12. The third-order valence-corrected chi connectivity index (χ3v) is 5.40. The van der Waals surface area contributed by atoms with Crippen molar-refractivity contribution >= 4 is 23.1 Å². The zero-order valence-corrected chi connectivity index (χ0v) is 15.8. The molecule has 2 N–H and O–H groups in total. The van der Waals surface area contributed by atoms with Crippen molar-refractivity contribution < 1.29 is 28.0 Å². The van der Waals surface area contributed by atoms with E-state index in [-0.39, 0.29) is 16.8 Å². The number of pyridine rings is 1. The van der Waals surface area contributed by atoms with Gasteiger partial charge in [-0.05, 0) is 13.0 Å². The van der Waals surface area contributed by atoms with E-state index in [4.69, 9.17) is 11.6 Å². The lowest BCUT2D eigenvalue weighted by Crippen LogP contribution is -3.14. The molecule has 0 unspecified atom stereocenters. The molecule has 1 aliphatic heterocycles. The van der Waals surface area contributed by atoms with Gasteiger partial charge < -0.3 is 4.90 Å². The Morgan fingerprint density at radius 3 is 2.54 bits per heavy atom. The molecular formula is C18H20ClF3N4O2+2. The Morgan fingerprint density at radius 2 is 1.96 bits per heavy atom. The van der Waals surface area contributed by atoms with Gasteiger partial charge in [-0.2, -0.15) is 13.2 Å². The molecule has 1 aliphatic rings. The topological polar surface area (TPSA) is 65.0 Å². The molecule has 10 heteroatoms. The number of anilines is 1. The number of aromatic amines is 1. The Balaban J connectivity index is 1.67. The van der Waals surface area contributed by atoms with Gasteiger partial charge in [0, 0.05) is 17.7 Å². The number of nitrogens with zero attached hydrogens (tertiary/aromatic N) is 2. The molecule has 1 aromatic carbocycles. The Morgan fingerprint density at radius 1 is 1.29 bits per heavy atom. The molecule has 1 saturated heterocycles. The highest BCUT2D eigenvalue weighted by molar-refractivity contribution is 6.32. The van der Waals surface area contributed by atoms with Crippen LogP contribution in [0.3, 0.4) is 0 Å². The van der Waals surface area contributed by atoms with E-state index in [2.05, 4.69) is 4.98 Å². The fourth-order valence-electron chi connectivity index (χ4n) is 3.46. The van der Waals surface area contributed by atoms with Crippen LogP contribution in [0.5, 0.6) is 0 Å². The fraction of sp³-hybridized carbons (Fsp3) is 0.389. The van der Waals surface area contributed by atoms with Gasteiger partial charge in [0.25, 0.3) is 11.5 Å². The summed E-state index contributed by atoms with van der Waals surface area (Å²) in [7, 11) is 0. The van der Waals surface area contributed by atoms with Crippen LogP contribution >= 0.6 is 11.6 Å². The van der Waals surface area contributed by atoms with Gasteiger partial charge in [-0.3, -0.25) is 10.1 Å². The maximum atomic E-state index is 12.8. The molecule has 1 aromatic heterocycles. The van der Waals surface area contributed by atoms with E-state index in [0.717, 1.165) is 30.9 Å². The number of rotatable bonds is 4. The van der Waals surface area contributed by atoms with Crippen LogP contribution in [0.4, 0.5) is 24.7 Å².